The van der Waals surface area contributed by atoms with E-state index in [1.807, 2.05) is 0 Å². The van der Waals surface area contributed by atoms with E-state index in [0.29, 0.717) is 19.4 Å². The molecular formula is C7H13N3O2. The minimum Gasteiger partial charge on any atom is -0.369 e. The maximum Gasteiger partial charge on any atom is 0.234 e. The van der Waals surface area contributed by atoms with Crippen molar-refractivity contribution in [1.82, 2.24) is 5.32 Å². The molecule has 1 heterocycles. The lowest BCUT2D eigenvalue weighted by Crippen LogP contribution is -2.49. The van der Waals surface area contributed by atoms with E-state index < -0.39 is 11.9 Å². The standard InChI is InChI=1S/C7H13N3O2/c8-6(11)4-1-2-10-5(3-4)7(9)12/h4-5,10H,1-3H2,(H2,8,11)(H2,9,12)/t4-,5+/m1/s1. The van der Waals surface area contributed by atoms with Crippen LogP contribution in [0.2, 0.25) is 0 Å². The number of amides is 2. The molecule has 5 nitrogen and oxygen atoms in total. The Morgan fingerprint density at radius 1 is 1.25 bits per heavy atom. The first-order chi connectivity index (χ1) is 5.61. The van der Waals surface area contributed by atoms with Gasteiger partial charge in [-0.2, -0.15) is 0 Å². The summed E-state index contributed by atoms with van der Waals surface area (Å²) in [5.41, 5.74) is 10.2. The van der Waals surface area contributed by atoms with Crippen molar-refractivity contribution in [3.8, 4) is 0 Å². The van der Waals surface area contributed by atoms with Crippen LogP contribution in [0.4, 0.5) is 0 Å². The highest BCUT2D eigenvalue weighted by Gasteiger charge is 2.27. The molecule has 0 bridgehead atoms. The largest absolute Gasteiger partial charge is 0.369 e. The van der Waals surface area contributed by atoms with Gasteiger partial charge in [0.15, 0.2) is 0 Å². The van der Waals surface area contributed by atoms with Crippen molar-refractivity contribution in [3.05, 3.63) is 0 Å². The lowest BCUT2D eigenvalue weighted by atomic mass is 9.92. The van der Waals surface area contributed by atoms with Gasteiger partial charge in [0.25, 0.3) is 0 Å². The molecule has 12 heavy (non-hydrogen) atoms. The van der Waals surface area contributed by atoms with E-state index in [1.54, 1.807) is 0 Å². The summed E-state index contributed by atoms with van der Waals surface area (Å²) in [4.78, 5) is 21.5. The number of nitrogens with two attached hydrogens (primary N) is 2. The van der Waals surface area contributed by atoms with Gasteiger partial charge >= 0.3 is 0 Å². The van der Waals surface area contributed by atoms with Crippen LogP contribution < -0.4 is 16.8 Å². The number of hydrogen-bond acceptors (Lipinski definition) is 3. The molecule has 0 aromatic carbocycles. The Kier molecular flexibility index (Phi) is 2.65. The first-order valence-electron chi connectivity index (χ1n) is 3.93. The van der Waals surface area contributed by atoms with Crippen molar-refractivity contribution < 1.29 is 9.59 Å². The minimum atomic E-state index is -0.416. The molecule has 2 amide bonds. The Balaban J connectivity index is 2.51. The van der Waals surface area contributed by atoms with Crippen LogP contribution in [0.5, 0.6) is 0 Å². The van der Waals surface area contributed by atoms with Gasteiger partial charge in [0.1, 0.15) is 0 Å². The number of rotatable bonds is 2. The van der Waals surface area contributed by atoms with E-state index in [-0.39, 0.29) is 11.8 Å². The smallest absolute Gasteiger partial charge is 0.234 e. The normalized spacial score (nSPS) is 29.7. The van der Waals surface area contributed by atoms with Crippen molar-refractivity contribution >= 4 is 11.8 Å². The van der Waals surface area contributed by atoms with Crippen LogP contribution in [0, 0.1) is 5.92 Å². The Morgan fingerprint density at radius 2 is 1.92 bits per heavy atom. The van der Waals surface area contributed by atoms with Gasteiger partial charge in [0.2, 0.25) is 11.8 Å². The van der Waals surface area contributed by atoms with Gasteiger partial charge in [-0.1, -0.05) is 0 Å². The zero-order chi connectivity index (χ0) is 9.14. The zero-order valence-corrected chi connectivity index (χ0v) is 6.75. The van der Waals surface area contributed by atoms with Crippen LogP contribution >= 0.6 is 0 Å². The predicted octanol–water partition coefficient (Wildman–Crippen LogP) is -1.67. The highest BCUT2D eigenvalue weighted by Crippen LogP contribution is 2.14. The quantitative estimate of drug-likeness (QED) is 0.463. The molecule has 0 aliphatic carbocycles. The van der Waals surface area contributed by atoms with E-state index in [0.717, 1.165) is 0 Å². The van der Waals surface area contributed by atoms with Gasteiger partial charge < -0.3 is 16.8 Å². The molecule has 0 spiro atoms. The third-order valence-corrected chi connectivity index (χ3v) is 2.15. The van der Waals surface area contributed by atoms with E-state index in [4.69, 9.17) is 11.5 Å². The second kappa shape index (κ2) is 3.53. The molecule has 5 N–H and O–H groups in total. The highest BCUT2D eigenvalue weighted by molar-refractivity contribution is 5.82. The number of primary amides is 2. The summed E-state index contributed by atoms with van der Waals surface area (Å²) in [6, 6.07) is -0.392. The fourth-order valence-electron chi connectivity index (χ4n) is 1.39. The van der Waals surface area contributed by atoms with E-state index in [9.17, 15) is 9.59 Å². The van der Waals surface area contributed by atoms with Crippen LogP contribution in [0.25, 0.3) is 0 Å². The Hall–Kier alpha value is -1.10. The Labute approximate surface area is 70.5 Å². The lowest BCUT2D eigenvalue weighted by molar-refractivity contribution is -0.125. The third kappa shape index (κ3) is 1.94. The first-order valence-corrected chi connectivity index (χ1v) is 3.93. The average Bonchev–Trinajstić information content (AvgIpc) is 2.04. The van der Waals surface area contributed by atoms with Gasteiger partial charge in [0, 0.05) is 5.92 Å². The predicted molar refractivity (Wildman–Crippen MR) is 42.9 cm³/mol. The van der Waals surface area contributed by atoms with Crippen LogP contribution in [0.1, 0.15) is 12.8 Å². The van der Waals surface area contributed by atoms with E-state index in [2.05, 4.69) is 5.32 Å². The van der Waals surface area contributed by atoms with Gasteiger partial charge in [-0.25, -0.2) is 0 Å². The van der Waals surface area contributed by atoms with Crippen LogP contribution in [-0.4, -0.2) is 24.4 Å². The summed E-state index contributed by atoms with van der Waals surface area (Å²) in [5.74, 6) is -0.965. The summed E-state index contributed by atoms with van der Waals surface area (Å²) in [6.45, 7) is 0.626. The molecule has 2 atom stereocenters. The highest BCUT2D eigenvalue weighted by atomic mass is 16.2. The Morgan fingerprint density at radius 3 is 2.42 bits per heavy atom. The summed E-state index contributed by atoms with van der Waals surface area (Å²) < 4.78 is 0. The number of nitrogens with one attached hydrogen (secondary N) is 1. The molecule has 0 aromatic heterocycles. The van der Waals surface area contributed by atoms with Gasteiger partial charge in [-0.3, -0.25) is 9.59 Å². The molecule has 1 fully saturated rings. The summed E-state index contributed by atoms with van der Waals surface area (Å²) in [5, 5.41) is 2.92. The number of piperidine rings is 1. The van der Waals surface area contributed by atoms with Crippen molar-refractivity contribution in [1.29, 1.82) is 0 Å². The Bertz CT molecular complexity index is 185. The molecule has 1 rings (SSSR count). The zero-order valence-electron chi connectivity index (χ0n) is 6.75. The molecule has 5 heteroatoms. The lowest BCUT2D eigenvalue weighted by Gasteiger charge is -2.26. The SMILES string of the molecule is NC(=O)[C@@H]1CCN[C@H](C(N)=O)C1. The van der Waals surface area contributed by atoms with Gasteiger partial charge in [-0.05, 0) is 19.4 Å². The second-order valence-corrected chi connectivity index (χ2v) is 3.03. The monoisotopic (exact) mass is 171 g/mol. The fourth-order valence-corrected chi connectivity index (χ4v) is 1.39. The molecular weight excluding hydrogens is 158 g/mol. The average molecular weight is 171 g/mol. The van der Waals surface area contributed by atoms with Gasteiger partial charge in [0.05, 0.1) is 6.04 Å². The molecule has 0 aromatic rings. The fraction of sp³-hybridized carbons (Fsp3) is 0.714. The topological polar surface area (TPSA) is 98.2 Å². The summed E-state index contributed by atoms with van der Waals surface area (Å²) in [7, 11) is 0. The maximum absolute atomic E-state index is 10.8. The maximum atomic E-state index is 10.8. The van der Waals surface area contributed by atoms with Crippen molar-refractivity contribution in [3.63, 3.8) is 0 Å². The molecule has 1 aliphatic rings. The molecule has 0 unspecified atom stereocenters. The van der Waals surface area contributed by atoms with Crippen LogP contribution in [-0.2, 0) is 9.59 Å². The first kappa shape index (κ1) is 8.99. The molecule has 1 aliphatic heterocycles. The second-order valence-electron chi connectivity index (χ2n) is 3.03. The van der Waals surface area contributed by atoms with Crippen LogP contribution in [0.3, 0.4) is 0 Å². The molecule has 1 saturated heterocycles. The van der Waals surface area contributed by atoms with Crippen molar-refractivity contribution in [2.45, 2.75) is 18.9 Å². The molecule has 0 saturated carbocycles. The van der Waals surface area contributed by atoms with Crippen LogP contribution in [0.15, 0.2) is 0 Å². The van der Waals surface area contributed by atoms with Crippen molar-refractivity contribution in [2.75, 3.05) is 6.54 Å². The number of hydrogen-bond donors (Lipinski definition) is 3. The van der Waals surface area contributed by atoms with Crippen molar-refractivity contribution in [2.24, 2.45) is 17.4 Å². The number of carbonyl (C=O) groups is 2. The minimum absolute atomic E-state index is 0.205. The number of carbonyl (C=O) groups excluding carboxylic acids is 2. The van der Waals surface area contributed by atoms with E-state index >= 15 is 0 Å². The summed E-state index contributed by atoms with van der Waals surface area (Å²) in [6.07, 6.45) is 1.13. The van der Waals surface area contributed by atoms with E-state index in [1.165, 1.54) is 0 Å². The summed E-state index contributed by atoms with van der Waals surface area (Å²) >= 11 is 0. The van der Waals surface area contributed by atoms with Gasteiger partial charge in [-0.15, -0.1) is 0 Å². The molecule has 0 radical (unpaired) electrons. The molecule has 68 valence electrons. The third-order valence-electron chi connectivity index (χ3n) is 2.15.